The third-order valence-electron chi connectivity index (χ3n) is 17.0. The molecular formula is C80H98N8O4. The molecule has 12 nitrogen and oxygen atoms in total. The minimum atomic E-state index is -0.783. The SMILES string of the molecule is CC(C)(C)C(=O)Nc1cccc(NC(=O)C(C)(C)C)c1-c1c2nc(c(-c3cc(C(C)(C)C)cc(C(C)(C)C)c3)c3ccc([nH]3)c(-c3c(NC(=O)C(C)(C)C)cccc3NC(=O)C(C)(C)C)c3nc(c(-c4cc(C(C)(C)C)cc(C(C)(C)C)c4)c4ccc1[nH]4)C=C3)C=C2. The smallest absolute Gasteiger partial charge is 0.229 e. The van der Waals surface area contributed by atoms with E-state index < -0.39 is 21.7 Å². The Hall–Kier alpha value is -8.64. The molecule has 0 aliphatic carbocycles. The Labute approximate surface area is 546 Å². The summed E-state index contributed by atoms with van der Waals surface area (Å²) in [7, 11) is 0. The molecule has 0 saturated heterocycles. The summed E-state index contributed by atoms with van der Waals surface area (Å²) in [6, 6.07) is 33.2. The fourth-order valence-electron chi connectivity index (χ4n) is 10.9. The molecule has 8 bridgehead atoms. The minimum Gasteiger partial charge on any atom is -0.354 e. The summed E-state index contributed by atoms with van der Waals surface area (Å²) < 4.78 is 0. The molecule has 5 heterocycles. The van der Waals surface area contributed by atoms with Crippen LogP contribution in [0.15, 0.2) is 97.1 Å². The molecule has 2 aliphatic heterocycles. The number of nitrogens with zero attached hydrogens (tertiary/aromatic N) is 2. The first-order chi connectivity index (χ1) is 42.3. The summed E-state index contributed by atoms with van der Waals surface area (Å²) in [5.74, 6) is -0.823. The summed E-state index contributed by atoms with van der Waals surface area (Å²) in [6.45, 7) is 49.3. The van der Waals surface area contributed by atoms with E-state index in [1.54, 1.807) is 0 Å². The van der Waals surface area contributed by atoms with Crippen LogP contribution in [0, 0.1) is 21.7 Å². The van der Waals surface area contributed by atoms with Gasteiger partial charge in [-0.3, -0.25) is 19.2 Å². The molecule has 6 N–H and O–H groups in total. The third-order valence-corrected chi connectivity index (χ3v) is 17.0. The molecule has 0 spiro atoms. The predicted octanol–water partition coefficient (Wildman–Crippen LogP) is 20.5. The number of amides is 4. The molecule has 482 valence electrons. The van der Waals surface area contributed by atoms with Gasteiger partial charge in [0.1, 0.15) is 0 Å². The van der Waals surface area contributed by atoms with E-state index in [1.165, 1.54) is 0 Å². The lowest BCUT2D eigenvalue weighted by atomic mass is 9.78. The second-order valence-electron chi connectivity index (χ2n) is 33.4. The first-order valence-electron chi connectivity index (χ1n) is 32.3. The van der Waals surface area contributed by atoms with Crippen LogP contribution in [-0.2, 0) is 40.8 Å². The van der Waals surface area contributed by atoms with Gasteiger partial charge in [-0.05, 0) is 128 Å². The van der Waals surface area contributed by atoms with Crippen LogP contribution in [0.5, 0.6) is 0 Å². The lowest BCUT2D eigenvalue weighted by Gasteiger charge is -2.26. The number of hydrogen-bond acceptors (Lipinski definition) is 6. The first kappa shape index (κ1) is 67.7. The van der Waals surface area contributed by atoms with Crippen molar-refractivity contribution in [2.75, 3.05) is 21.3 Å². The van der Waals surface area contributed by atoms with Crippen molar-refractivity contribution in [2.24, 2.45) is 21.7 Å². The maximum absolute atomic E-state index is 14.4. The number of benzene rings is 4. The second kappa shape index (κ2) is 23.8. The fraction of sp³-hybridized carbons (Fsp3) is 0.400. The Morgan fingerprint density at radius 2 is 0.511 bits per heavy atom. The average molecular weight is 1240 g/mol. The molecule has 4 aromatic carbocycles. The van der Waals surface area contributed by atoms with Gasteiger partial charge >= 0.3 is 0 Å². The molecule has 0 unspecified atom stereocenters. The highest BCUT2D eigenvalue weighted by molar-refractivity contribution is 6.12. The molecule has 0 saturated carbocycles. The molecule has 4 amide bonds. The first-order valence-corrected chi connectivity index (χ1v) is 32.3. The zero-order chi connectivity index (χ0) is 68.0. The quantitative estimate of drug-likeness (QED) is 0.0883. The van der Waals surface area contributed by atoms with E-state index in [0.717, 1.165) is 55.5 Å². The van der Waals surface area contributed by atoms with Gasteiger partial charge < -0.3 is 31.2 Å². The summed E-state index contributed by atoms with van der Waals surface area (Å²) in [5.41, 5.74) is 13.6. The summed E-state index contributed by atoms with van der Waals surface area (Å²) >= 11 is 0. The van der Waals surface area contributed by atoms with Crippen LogP contribution in [0.4, 0.5) is 22.7 Å². The number of nitrogens with one attached hydrogen (secondary N) is 6. The lowest BCUT2D eigenvalue weighted by molar-refractivity contribution is -0.123. The van der Waals surface area contributed by atoms with Crippen molar-refractivity contribution >= 4 is 92.7 Å². The van der Waals surface area contributed by atoms with Crippen molar-refractivity contribution in [2.45, 2.75) is 188 Å². The van der Waals surface area contributed by atoms with Crippen LogP contribution in [0.1, 0.15) is 211 Å². The van der Waals surface area contributed by atoms with Gasteiger partial charge in [0.15, 0.2) is 0 Å². The number of fused-ring (bicyclic) bond motifs is 8. The Balaban J connectivity index is 1.59. The number of H-pyrrole nitrogens is 2. The topological polar surface area (TPSA) is 174 Å². The van der Waals surface area contributed by atoms with E-state index in [1.807, 2.05) is 144 Å². The summed E-state index contributed by atoms with van der Waals surface area (Å²) in [4.78, 5) is 77.0. The maximum Gasteiger partial charge on any atom is 0.229 e. The van der Waals surface area contributed by atoms with Crippen LogP contribution in [0.25, 0.3) is 90.9 Å². The van der Waals surface area contributed by atoms with E-state index in [4.69, 9.17) is 9.97 Å². The fourth-order valence-corrected chi connectivity index (χ4v) is 10.9. The van der Waals surface area contributed by atoms with E-state index in [-0.39, 0.29) is 45.3 Å². The van der Waals surface area contributed by atoms with Gasteiger partial charge in [-0.2, -0.15) is 0 Å². The molecule has 2 aliphatic rings. The van der Waals surface area contributed by atoms with Crippen molar-refractivity contribution in [1.29, 1.82) is 0 Å². The number of carbonyl (C=O) groups excluding carboxylic acids is 4. The highest BCUT2D eigenvalue weighted by Gasteiger charge is 2.33. The number of anilines is 4. The van der Waals surface area contributed by atoms with Crippen LogP contribution in [0.2, 0.25) is 0 Å². The van der Waals surface area contributed by atoms with Gasteiger partial charge in [0.2, 0.25) is 23.6 Å². The van der Waals surface area contributed by atoms with Crippen LogP contribution >= 0.6 is 0 Å². The zero-order valence-corrected chi connectivity index (χ0v) is 59.1. The van der Waals surface area contributed by atoms with Crippen LogP contribution in [-0.4, -0.2) is 43.6 Å². The molecule has 0 fully saturated rings. The van der Waals surface area contributed by atoms with Gasteiger partial charge in [-0.25, -0.2) is 9.97 Å². The van der Waals surface area contributed by atoms with Gasteiger partial charge in [0, 0.05) is 77.1 Å². The van der Waals surface area contributed by atoms with E-state index in [9.17, 15) is 19.2 Å². The van der Waals surface area contributed by atoms with Gasteiger partial charge in [-0.1, -0.05) is 215 Å². The van der Waals surface area contributed by atoms with Crippen molar-refractivity contribution < 1.29 is 19.2 Å². The largest absolute Gasteiger partial charge is 0.354 e. The normalized spacial score (nSPS) is 13.3. The van der Waals surface area contributed by atoms with Crippen molar-refractivity contribution in [3.63, 3.8) is 0 Å². The average Bonchev–Trinajstić information content (AvgIpc) is 1.51. The second-order valence-corrected chi connectivity index (χ2v) is 33.4. The van der Waals surface area contributed by atoms with Crippen molar-refractivity contribution in [1.82, 2.24) is 19.9 Å². The number of rotatable bonds is 8. The molecule has 7 aromatic rings. The van der Waals surface area contributed by atoms with Crippen LogP contribution in [0.3, 0.4) is 0 Å². The Morgan fingerprint density at radius 1 is 0.293 bits per heavy atom. The number of carbonyl (C=O) groups is 4. The van der Waals surface area contributed by atoms with Gasteiger partial charge in [0.25, 0.3) is 0 Å². The molecule has 9 rings (SSSR count). The molecular weight excluding hydrogens is 1140 g/mol. The lowest BCUT2D eigenvalue weighted by Crippen LogP contribution is -2.29. The zero-order valence-electron chi connectivity index (χ0n) is 59.1. The molecule has 12 heteroatoms. The van der Waals surface area contributed by atoms with Crippen molar-refractivity contribution in [3.8, 4) is 44.5 Å². The maximum atomic E-state index is 14.4. The van der Waals surface area contributed by atoms with E-state index in [2.05, 4.69) is 175 Å². The highest BCUT2D eigenvalue weighted by atomic mass is 16.2. The standard InChI is InChI=1S/C80H98N8O4/c1-73(2,3)47-39-45(40-48(43-47)74(4,5)6)63-55-31-35-59(81-55)67(65-51(85-69(89)77(13,14)15)27-25-28-52(65)86-70(90)78(16,17)18)61-37-33-57(83-61)64(46-41-49(75(7,8)9)44-50(42-46)76(10,11)12)58-34-38-62(84-58)68(60-36-32-56(63)82-60)66-53(87-71(91)79(19,20)21)29-26-30-54(66)88-72(92)80(22,23)24/h25-44,81,84H,1-24H3,(H,85,89)(H,86,90)(H,87,91)(H,88,92). The molecule has 92 heavy (non-hydrogen) atoms. The Bertz CT molecular complexity index is 3930. The number of hydrogen-bond donors (Lipinski definition) is 6. The minimum absolute atomic E-state index is 0.206. The molecule has 0 atom stereocenters. The van der Waals surface area contributed by atoms with Gasteiger partial charge in [0.05, 0.1) is 45.5 Å². The Kier molecular flexibility index (Phi) is 17.5. The monoisotopic (exact) mass is 1230 g/mol. The third kappa shape index (κ3) is 14.3. The van der Waals surface area contributed by atoms with E-state index >= 15 is 0 Å². The predicted molar refractivity (Wildman–Crippen MR) is 388 cm³/mol. The number of aromatic amines is 2. The Morgan fingerprint density at radius 3 is 0.728 bits per heavy atom. The highest BCUT2D eigenvalue weighted by Crippen LogP contribution is 2.47. The van der Waals surface area contributed by atoms with Crippen LogP contribution < -0.4 is 21.3 Å². The molecule has 0 radical (unpaired) electrons. The van der Waals surface area contributed by atoms with Crippen molar-refractivity contribution in [3.05, 3.63) is 142 Å². The van der Waals surface area contributed by atoms with E-state index in [0.29, 0.717) is 78.8 Å². The summed E-state index contributed by atoms with van der Waals surface area (Å²) in [5, 5.41) is 13.2. The van der Waals surface area contributed by atoms with Gasteiger partial charge in [-0.15, -0.1) is 0 Å². The molecule has 3 aromatic heterocycles. The number of aromatic nitrogens is 4. The summed E-state index contributed by atoms with van der Waals surface area (Å²) in [6.07, 6.45) is 8.15.